The molecule has 0 saturated heterocycles. The van der Waals surface area contributed by atoms with E-state index in [9.17, 15) is 13.6 Å². The van der Waals surface area contributed by atoms with Gasteiger partial charge in [-0.25, -0.2) is 13.6 Å². The van der Waals surface area contributed by atoms with E-state index in [1.54, 1.807) is 21.1 Å². The predicted octanol–water partition coefficient (Wildman–Crippen LogP) is 4.01. The quantitative estimate of drug-likeness (QED) is 0.857. The Bertz CT molecular complexity index is 737. The lowest BCUT2D eigenvalue weighted by atomic mass is 10.1. The summed E-state index contributed by atoms with van der Waals surface area (Å²) < 4.78 is 32.4. The maximum absolute atomic E-state index is 13.9. The van der Waals surface area contributed by atoms with Crippen molar-refractivity contribution >= 4 is 6.03 Å². The number of methoxy groups -OCH3 is 1. The van der Waals surface area contributed by atoms with Crippen LogP contribution in [0.3, 0.4) is 0 Å². The van der Waals surface area contributed by atoms with E-state index in [-0.39, 0.29) is 11.6 Å². The number of rotatable bonds is 6. The number of benzene rings is 2. The van der Waals surface area contributed by atoms with Gasteiger partial charge in [-0.2, -0.15) is 0 Å². The first-order valence-electron chi connectivity index (χ1n) is 7.95. The van der Waals surface area contributed by atoms with Gasteiger partial charge in [0.15, 0.2) is 0 Å². The normalized spacial score (nSPS) is 11.9. The lowest BCUT2D eigenvalue weighted by Crippen LogP contribution is -2.38. The summed E-state index contributed by atoms with van der Waals surface area (Å²) in [4.78, 5) is 13.7. The molecule has 0 aliphatic rings. The highest BCUT2D eigenvalue weighted by Crippen LogP contribution is 2.23. The van der Waals surface area contributed by atoms with Crippen molar-refractivity contribution in [1.82, 2.24) is 10.2 Å². The van der Waals surface area contributed by atoms with Crippen LogP contribution >= 0.6 is 0 Å². The van der Waals surface area contributed by atoms with Gasteiger partial charge >= 0.3 is 6.03 Å². The highest BCUT2D eigenvalue weighted by atomic mass is 19.1. The molecule has 0 aliphatic carbocycles. The molecule has 2 aromatic rings. The summed E-state index contributed by atoms with van der Waals surface area (Å²) in [5.74, 6) is -1.08. The zero-order chi connectivity index (χ0) is 18.4. The van der Waals surface area contributed by atoms with Crippen LogP contribution < -0.4 is 5.32 Å². The third kappa shape index (κ3) is 4.76. The van der Waals surface area contributed by atoms with E-state index in [2.05, 4.69) is 5.32 Å². The Balaban J connectivity index is 2.04. The number of amides is 2. The molecule has 2 rings (SSSR count). The second kappa shape index (κ2) is 8.58. The Morgan fingerprint density at radius 1 is 1.20 bits per heavy atom. The smallest absolute Gasteiger partial charge is 0.317 e. The maximum atomic E-state index is 13.9. The van der Waals surface area contributed by atoms with E-state index < -0.39 is 17.7 Å². The minimum absolute atomic E-state index is 0.137. The van der Waals surface area contributed by atoms with Crippen molar-refractivity contribution < 1.29 is 18.3 Å². The standard InChI is InChI=1S/C19H22F2N2O2/c1-13(17-10-16(20)8-9-18(17)21)23(2)19(24)22-11-14-6-4-5-7-15(14)12-25-3/h4-10,13H,11-12H2,1-3H3,(H,22,24). The van der Waals surface area contributed by atoms with Crippen molar-refractivity contribution in [2.75, 3.05) is 14.2 Å². The molecule has 2 aromatic carbocycles. The minimum atomic E-state index is -0.607. The molecule has 0 aliphatic heterocycles. The van der Waals surface area contributed by atoms with Crippen LogP contribution in [0.5, 0.6) is 0 Å². The summed E-state index contributed by atoms with van der Waals surface area (Å²) in [6.45, 7) is 2.42. The lowest BCUT2D eigenvalue weighted by Gasteiger charge is -2.26. The number of halogens is 2. The fourth-order valence-electron chi connectivity index (χ4n) is 2.54. The van der Waals surface area contributed by atoms with Gasteiger partial charge in [0.1, 0.15) is 11.6 Å². The largest absolute Gasteiger partial charge is 0.380 e. The van der Waals surface area contributed by atoms with E-state index >= 15 is 0 Å². The Hall–Kier alpha value is -2.47. The Morgan fingerprint density at radius 2 is 1.88 bits per heavy atom. The fourth-order valence-corrected chi connectivity index (χ4v) is 2.54. The number of urea groups is 1. The molecular weight excluding hydrogens is 326 g/mol. The third-order valence-electron chi connectivity index (χ3n) is 4.16. The number of nitrogens with one attached hydrogen (secondary N) is 1. The molecule has 0 aromatic heterocycles. The van der Waals surface area contributed by atoms with Gasteiger partial charge in [-0.3, -0.25) is 0 Å². The van der Waals surface area contributed by atoms with Crippen molar-refractivity contribution in [3.05, 3.63) is 70.8 Å². The van der Waals surface area contributed by atoms with Crippen LogP contribution in [0, 0.1) is 11.6 Å². The molecule has 0 bridgehead atoms. The SMILES string of the molecule is COCc1ccccc1CNC(=O)N(C)C(C)c1cc(F)ccc1F. The average molecular weight is 348 g/mol. The molecule has 0 spiro atoms. The van der Waals surface area contributed by atoms with Gasteiger partial charge in [-0.05, 0) is 36.2 Å². The average Bonchev–Trinajstić information content (AvgIpc) is 2.61. The van der Waals surface area contributed by atoms with E-state index in [1.165, 1.54) is 4.90 Å². The van der Waals surface area contributed by atoms with Crippen LogP contribution in [0.25, 0.3) is 0 Å². The highest BCUT2D eigenvalue weighted by Gasteiger charge is 2.20. The molecule has 1 N–H and O–H groups in total. The highest BCUT2D eigenvalue weighted by molar-refractivity contribution is 5.74. The van der Waals surface area contributed by atoms with Crippen LogP contribution in [0.1, 0.15) is 29.7 Å². The van der Waals surface area contributed by atoms with Crippen molar-refractivity contribution in [2.45, 2.75) is 26.1 Å². The van der Waals surface area contributed by atoms with Gasteiger partial charge in [-0.15, -0.1) is 0 Å². The number of carbonyl (C=O) groups excluding carboxylic acids is 1. The zero-order valence-electron chi connectivity index (χ0n) is 14.6. The van der Waals surface area contributed by atoms with Crippen LogP contribution in [-0.2, 0) is 17.9 Å². The molecular formula is C19H22F2N2O2. The van der Waals surface area contributed by atoms with Crippen molar-refractivity contribution in [3.8, 4) is 0 Å². The molecule has 25 heavy (non-hydrogen) atoms. The van der Waals surface area contributed by atoms with Gasteiger partial charge in [0, 0.05) is 26.3 Å². The molecule has 0 saturated carbocycles. The molecule has 2 amide bonds. The summed E-state index contributed by atoms with van der Waals surface area (Å²) in [6, 6.07) is 9.87. The molecule has 0 radical (unpaired) electrons. The second-order valence-corrected chi connectivity index (χ2v) is 5.81. The second-order valence-electron chi connectivity index (χ2n) is 5.81. The summed E-state index contributed by atoms with van der Waals surface area (Å²) >= 11 is 0. The van der Waals surface area contributed by atoms with Gasteiger partial charge in [-0.1, -0.05) is 24.3 Å². The molecule has 4 nitrogen and oxygen atoms in total. The molecule has 1 unspecified atom stereocenters. The number of carbonyl (C=O) groups is 1. The van der Waals surface area contributed by atoms with Crippen LogP contribution in [-0.4, -0.2) is 25.1 Å². The van der Waals surface area contributed by atoms with Crippen LogP contribution in [0.4, 0.5) is 13.6 Å². The predicted molar refractivity (Wildman–Crippen MR) is 91.9 cm³/mol. The topological polar surface area (TPSA) is 41.6 Å². The number of ether oxygens (including phenoxy) is 1. The number of nitrogens with zero attached hydrogens (tertiary/aromatic N) is 1. The number of hydrogen-bond acceptors (Lipinski definition) is 2. The van der Waals surface area contributed by atoms with Gasteiger partial charge in [0.25, 0.3) is 0 Å². The van der Waals surface area contributed by atoms with E-state index in [1.807, 2.05) is 24.3 Å². The van der Waals surface area contributed by atoms with E-state index in [4.69, 9.17) is 4.74 Å². The summed E-state index contributed by atoms with van der Waals surface area (Å²) in [5.41, 5.74) is 2.06. The van der Waals surface area contributed by atoms with Crippen molar-refractivity contribution in [2.24, 2.45) is 0 Å². The Morgan fingerprint density at radius 3 is 2.56 bits per heavy atom. The maximum Gasteiger partial charge on any atom is 0.317 e. The van der Waals surface area contributed by atoms with Crippen LogP contribution in [0.2, 0.25) is 0 Å². The zero-order valence-corrected chi connectivity index (χ0v) is 14.6. The molecule has 6 heteroatoms. The molecule has 1 atom stereocenters. The molecule has 0 fully saturated rings. The summed E-state index contributed by atoms with van der Waals surface area (Å²) in [5, 5.41) is 2.80. The van der Waals surface area contributed by atoms with Crippen LogP contribution in [0.15, 0.2) is 42.5 Å². The van der Waals surface area contributed by atoms with Gasteiger partial charge < -0.3 is 15.0 Å². The number of hydrogen-bond donors (Lipinski definition) is 1. The fraction of sp³-hybridized carbons (Fsp3) is 0.316. The van der Waals surface area contributed by atoms with E-state index in [0.29, 0.717) is 13.2 Å². The molecule has 0 heterocycles. The van der Waals surface area contributed by atoms with Gasteiger partial charge in [0.2, 0.25) is 0 Å². The Labute approximate surface area is 146 Å². The van der Waals surface area contributed by atoms with Gasteiger partial charge in [0.05, 0.1) is 12.6 Å². The van der Waals surface area contributed by atoms with Crippen molar-refractivity contribution in [3.63, 3.8) is 0 Å². The lowest BCUT2D eigenvalue weighted by molar-refractivity contribution is 0.183. The Kier molecular flexibility index (Phi) is 6.47. The first-order valence-corrected chi connectivity index (χ1v) is 7.95. The minimum Gasteiger partial charge on any atom is -0.380 e. The first-order chi connectivity index (χ1) is 11.9. The first kappa shape index (κ1) is 18.9. The van der Waals surface area contributed by atoms with E-state index in [0.717, 1.165) is 29.3 Å². The summed E-state index contributed by atoms with van der Waals surface area (Å²) in [7, 11) is 3.16. The summed E-state index contributed by atoms with van der Waals surface area (Å²) in [6.07, 6.45) is 0. The third-order valence-corrected chi connectivity index (χ3v) is 4.16. The molecule has 134 valence electrons. The monoisotopic (exact) mass is 348 g/mol. The van der Waals surface area contributed by atoms with Crippen molar-refractivity contribution in [1.29, 1.82) is 0 Å².